The van der Waals surface area contributed by atoms with E-state index in [4.69, 9.17) is 15.3 Å². The first-order chi connectivity index (χ1) is 9.77. The van der Waals surface area contributed by atoms with E-state index in [1.807, 2.05) is 0 Å². The molecule has 2 aromatic rings. The Morgan fingerprint density at radius 1 is 1.33 bits per heavy atom. The molecule has 1 aromatic carbocycles. The number of hydrogen-bond acceptors (Lipinski definition) is 4. The molecule has 0 unspecified atom stereocenters. The molecule has 0 spiro atoms. The molecule has 2 rings (SSSR count). The number of benzene rings is 1. The Bertz CT molecular complexity index is 667. The van der Waals surface area contributed by atoms with E-state index in [0.717, 1.165) is 18.4 Å². The van der Waals surface area contributed by atoms with Gasteiger partial charge in [0.1, 0.15) is 12.0 Å². The maximum atomic E-state index is 12.5. The molecule has 0 fully saturated rings. The van der Waals surface area contributed by atoms with E-state index in [2.05, 4.69) is 0 Å². The molecule has 0 bridgehead atoms. The number of aromatic carboxylic acids is 1. The van der Waals surface area contributed by atoms with Crippen molar-refractivity contribution in [1.29, 1.82) is 0 Å². The minimum absolute atomic E-state index is 0.0137. The molecule has 1 heterocycles. The molecule has 0 aliphatic heterocycles. The Hall–Kier alpha value is -2.09. The molecule has 4 nitrogen and oxygen atoms in total. The summed E-state index contributed by atoms with van der Waals surface area (Å²) in [6.45, 7) is 0. The molecule has 3 N–H and O–H groups in total. The van der Waals surface area contributed by atoms with Gasteiger partial charge in [-0.25, -0.2) is 4.79 Å². The lowest BCUT2D eigenvalue weighted by atomic mass is 10.2. The molecule has 0 saturated heterocycles. The van der Waals surface area contributed by atoms with Crippen LogP contribution in [0, 0.1) is 0 Å². The second-order valence-electron chi connectivity index (χ2n) is 4.15. The summed E-state index contributed by atoms with van der Waals surface area (Å²) < 4.78 is 42.5. The molecule has 0 radical (unpaired) electrons. The smallest absolute Gasteiger partial charge is 0.416 e. The molecule has 0 aliphatic rings. The van der Waals surface area contributed by atoms with Crippen LogP contribution < -0.4 is 5.73 Å². The van der Waals surface area contributed by atoms with Crippen LogP contribution in [-0.4, -0.2) is 11.1 Å². The van der Waals surface area contributed by atoms with Crippen molar-refractivity contribution in [2.45, 2.75) is 16.8 Å². The lowest BCUT2D eigenvalue weighted by Gasteiger charge is -2.10. The highest BCUT2D eigenvalue weighted by Gasteiger charge is 2.30. The van der Waals surface area contributed by atoms with Crippen molar-refractivity contribution in [1.82, 2.24) is 0 Å². The normalized spacial score (nSPS) is 11.6. The lowest BCUT2D eigenvalue weighted by Crippen LogP contribution is -2.05. The Morgan fingerprint density at radius 2 is 2.05 bits per heavy atom. The second-order valence-corrected chi connectivity index (χ2v) is 5.16. The number of rotatable bonds is 4. The van der Waals surface area contributed by atoms with Crippen molar-refractivity contribution in [3.63, 3.8) is 0 Å². The third-order valence-corrected chi connectivity index (χ3v) is 3.72. The summed E-state index contributed by atoms with van der Waals surface area (Å²) in [5.41, 5.74) is 4.81. The van der Waals surface area contributed by atoms with Crippen molar-refractivity contribution in [3.05, 3.63) is 47.4 Å². The van der Waals surface area contributed by atoms with Crippen LogP contribution in [-0.2, 0) is 11.9 Å². The summed E-state index contributed by atoms with van der Waals surface area (Å²) in [7, 11) is 0. The minimum Gasteiger partial charge on any atom is -0.478 e. The van der Waals surface area contributed by atoms with E-state index in [0.29, 0.717) is 10.7 Å². The third kappa shape index (κ3) is 3.72. The number of carboxylic acids is 1. The first-order valence-corrected chi connectivity index (χ1v) is 6.66. The average Bonchev–Trinajstić information content (AvgIpc) is 2.85. The van der Waals surface area contributed by atoms with E-state index < -0.39 is 17.7 Å². The molecular weight excluding hydrogens is 307 g/mol. The number of furan rings is 1. The first-order valence-electron chi connectivity index (χ1n) is 5.67. The van der Waals surface area contributed by atoms with Gasteiger partial charge in [-0.05, 0) is 24.3 Å². The van der Waals surface area contributed by atoms with Crippen LogP contribution in [0.1, 0.15) is 21.7 Å². The van der Waals surface area contributed by atoms with Gasteiger partial charge < -0.3 is 15.3 Å². The number of hydrogen-bond donors (Lipinski definition) is 2. The van der Waals surface area contributed by atoms with Crippen LogP contribution in [0.3, 0.4) is 0 Å². The lowest BCUT2D eigenvalue weighted by molar-refractivity contribution is -0.137. The zero-order valence-corrected chi connectivity index (χ0v) is 11.3. The zero-order chi connectivity index (χ0) is 15.6. The molecule has 0 saturated carbocycles. The number of anilines is 1. The van der Waals surface area contributed by atoms with Crippen LogP contribution in [0.4, 0.5) is 18.9 Å². The highest BCUT2D eigenvalue weighted by Crippen LogP contribution is 2.35. The number of halogens is 3. The van der Waals surface area contributed by atoms with E-state index >= 15 is 0 Å². The maximum Gasteiger partial charge on any atom is 0.416 e. The van der Waals surface area contributed by atoms with Gasteiger partial charge in [0.15, 0.2) is 0 Å². The molecule has 112 valence electrons. The summed E-state index contributed by atoms with van der Waals surface area (Å²) in [5.74, 6) is -0.441. The molecule has 21 heavy (non-hydrogen) atoms. The van der Waals surface area contributed by atoms with Gasteiger partial charge in [-0.15, -0.1) is 11.8 Å². The maximum absolute atomic E-state index is 12.5. The Labute approximate surface area is 121 Å². The number of nitrogen functional groups attached to an aromatic ring is 1. The molecule has 0 aliphatic carbocycles. The summed E-state index contributed by atoms with van der Waals surface area (Å²) in [6, 6.07) is 4.45. The van der Waals surface area contributed by atoms with E-state index in [9.17, 15) is 18.0 Å². The zero-order valence-electron chi connectivity index (χ0n) is 10.5. The van der Waals surface area contributed by atoms with Gasteiger partial charge >= 0.3 is 12.1 Å². The molecule has 0 atom stereocenters. The SMILES string of the molecule is Nc1cc(C(F)(F)F)ccc1SCc1cc(C(=O)O)co1. The minimum atomic E-state index is -4.44. The first kappa shape index (κ1) is 15.3. The fourth-order valence-corrected chi connectivity index (χ4v) is 2.41. The van der Waals surface area contributed by atoms with Crippen molar-refractivity contribution in [2.24, 2.45) is 0 Å². The highest BCUT2D eigenvalue weighted by atomic mass is 32.2. The number of alkyl halides is 3. The highest BCUT2D eigenvalue weighted by molar-refractivity contribution is 7.98. The van der Waals surface area contributed by atoms with Gasteiger partial charge in [-0.1, -0.05) is 0 Å². The Balaban J connectivity index is 2.08. The number of thioether (sulfide) groups is 1. The van der Waals surface area contributed by atoms with Crippen molar-refractivity contribution in [3.8, 4) is 0 Å². The topological polar surface area (TPSA) is 76.5 Å². The predicted molar refractivity (Wildman–Crippen MR) is 71.1 cm³/mol. The Kier molecular flexibility index (Phi) is 4.17. The summed E-state index contributed by atoms with van der Waals surface area (Å²) in [4.78, 5) is 11.1. The van der Waals surface area contributed by atoms with Crippen molar-refractivity contribution >= 4 is 23.4 Å². The van der Waals surface area contributed by atoms with Crippen LogP contribution in [0.2, 0.25) is 0 Å². The van der Waals surface area contributed by atoms with Crippen LogP contribution >= 0.6 is 11.8 Å². The van der Waals surface area contributed by atoms with E-state index in [1.165, 1.54) is 23.9 Å². The second kappa shape index (κ2) is 5.72. The largest absolute Gasteiger partial charge is 0.478 e. The molecular formula is C13H10F3NO3S. The Morgan fingerprint density at radius 3 is 2.57 bits per heavy atom. The standard InChI is InChI=1S/C13H10F3NO3S/c14-13(15,16)8-1-2-11(10(17)4-8)21-6-9-3-7(5-20-9)12(18)19/h1-5H,6,17H2,(H,18,19). The summed E-state index contributed by atoms with van der Waals surface area (Å²) in [5, 5.41) is 8.74. The van der Waals surface area contributed by atoms with Gasteiger partial charge in [-0.2, -0.15) is 13.2 Å². The fourth-order valence-electron chi connectivity index (χ4n) is 1.57. The molecule has 1 aromatic heterocycles. The van der Waals surface area contributed by atoms with Crippen molar-refractivity contribution < 1.29 is 27.5 Å². The molecule has 8 heteroatoms. The summed E-state index contributed by atoms with van der Waals surface area (Å²) >= 11 is 1.17. The molecule has 0 amide bonds. The average molecular weight is 317 g/mol. The number of nitrogens with two attached hydrogens (primary N) is 1. The van der Waals surface area contributed by atoms with Crippen LogP contribution in [0.5, 0.6) is 0 Å². The summed E-state index contributed by atoms with van der Waals surface area (Å²) in [6.07, 6.45) is -3.33. The van der Waals surface area contributed by atoms with E-state index in [1.54, 1.807) is 0 Å². The van der Waals surface area contributed by atoms with Gasteiger partial charge in [0.05, 0.1) is 16.9 Å². The third-order valence-electron chi connectivity index (χ3n) is 2.61. The quantitative estimate of drug-likeness (QED) is 0.661. The monoisotopic (exact) mass is 317 g/mol. The number of carboxylic acid groups (broad SMARTS) is 1. The van der Waals surface area contributed by atoms with Crippen LogP contribution in [0.15, 0.2) is 39.8 Å². The van der Waals surface area contributed by atoms with E-state index in [-0.39, 0.29) is 17.0 Å². The van der Waals surface area contributed by atoms with Gasteiger partial charge in [0.25, 0.3) is 0 Å². The number of carbonyl (C=O) groups is 1. The van der Waals surface area contributed by atoms with Gasteiger partial charge in [0, 0.05) is 10.6 Å². The van der Waals surface area contributed by atoms with Crippen LogP contribution in [0.25, 0.3) is 0 Å². The van der Waals surface area contributed by atoms with Crippen molar-refractivity contribution in [2.75, 3.05) is 5.73 Å². The predicted octanol–water partition coefficient (Wildman–Crippen LogP) is 3.87. The van der Waals surface area contributed by atoms with Gasteiger partial charge in [-0.3, -0.25) is 0 Å². The van der Waals surface area contributed by atoms with Gasteiger partial charge in [0.2, 0.25) is 0 Å². The fraction of sp³-hybridized carbons (Fsp3) is 0.154.